The zero-order valence-electron chi connectivity index (χ0n) is 21.8. The summed E-state index contributed by atoms with van der Waals surface area (Å²) >= 11 is 0. The first-order valence-electron chi connectivity index (χ1n) is 12.9. The molecule has 0 bridgehead atoms. The molecule has 6 nitrogen and oxygen atoms in total. The molecular weight excluding hydrogens is 476 g/mol. The molecule has 194 valence electrons. The van der Waals surface area contributed by atoms with Crippen molar-refractivity contribution < 1.29 is 19.0 Å². The number of nitrogens with zero attached hydrogens (tertiary/aromatic N) is 1. The number of pyridine rings is 1. The van der Waals surface area contributed by atoms with Crippen LogP contribution in [0.3, 0.4) is 0 Å². The zero-order valence-corrected chi connectivity index (χ0v) is 21.8. The second-order valence-corrected chi connectivity index (χ2v) is 10.3. The summed E-state index contributed by atoms with van der Waals surface area (Å²) < 4.78 is 6.58. The smallest absolute Gasteiger partial charge is 0.224 e. The fourth-order valence-electron chi connectivity index (χ4n) is 5.17. The minimum Gasteiger partial charge on any atom is -0.619 e. The van der Waals surface area contributed by atoms with Crippen LogP contribution in [-0.4, -0.2) is 11.0 Å². The van der Waals surface area contributed by atoms with Crippen LogP contribution in [0.2, 0.25) is 0 Å². The highest BCUT2D eigenvalue weighted by Gasteiger charge is 2.32. The van der Waals surface area contributed by atoms with Crippen LogP contribution < -0.4 is 10.0 Å². The standard InChI is InChI=1S/C32H32N2O4/c1-21-11-13-27(22(2)16-21)31(24-8-5-4-6-9-24)33-30(35)18-23-12-14-28-25(17-23)19-29(38-28)32(3,36)26-10-7-15-34(37)20-26/h4-8,10-17,19-20,24,31,36H,9,18H2,1-3H3,(H,33,35)/t24?,31-,32?/m0/s1. The lowest BCUT2D eigenvalue weighted by Crippen LogP contribution is -2.34. The van der Waals surface area contributed by atoms with E-state index in [1.54, 1.807) is 25.1 Å². The van der Waals surface area contributed by atoms with Gasteiger partial charge in [-0.1, -0.05) is 54.1 Å². The number of hydrogen-bond donors (Lipinski definition) is 2. The molecule has 5 rings (SSSR count). The van der Waals surface area contributed by atoms with Crippen LogP contribution in [0.25, 0.3) is 11.0 Å². The molecule has 1 amide bonds. The third kappa shape index (κ3) is 5.27. The van der Waals surface area contributed by atoms with Crippen molar-refractivity contribution in [3.05, 3.63) is 130 Å². The average Bonchev–Trinajstić information content (AvgIpc) is 3.33. The Kier molecular flexibility index (Phi) is 6.91. The maximum Gasteiger partial charge on any atom is 0.224 e. The highest BCUT2D eigenvalue weighted by atomic mass is 16.5. The number of hydrogen-bond acceptors (Lipinski definition) is 4. The molecule has 2 unspecified atom stereocenters. The summed E-state index contributed by atoms with van der Waals surface area (Å²) in [5, 5.41) is 26.9. The molecule has 0 aliphatic heterocycles. The molecule has 6 heteroatoms. The molecule has 0 saturated carbocycles. The quantitative estimate of drug-likeness (QED) is 0.256. The summed E-state index contributed by atoms with van der Waals surface area (Å²) in [6.45, 7) is 5.76. The molecule has 2 heterocycles. The van der Waals surface area contributed by atoms with E-state index < -0.39 is 5.60 Å². The van der Waals surface area contributed by atoms with Crippen LogP contribution in [0.15, 0.2) is 95.7 Å². The number of aliphatic hydroxyl groups is 1. The Morgan fingerprint density at radius 1 is 1.18 bits per heavy atom. The molecule has 4 aromatic rings. The predicted molar refractivity (Wildman–Crippen MR) is 147 cm³/mol. The van der Waals surface area contributed by atoms with Crippen molar-refractivity contribution in [3.63, 3.8) is 0 Å². The molecule has 2 aromatic heterocycles. The fourth-order valence-corrected chi connectivity index (χ4v) is 5.17. The van der Waals surface area contributed by atoms with Gasteiger partial charge in [-0.05, 0) is 68.1 Å². The van der Waals surface area contributed by atoms with E-state index in [1.165, 1.54) is 23.5 Å². The molecule has 0 radical (unpaired) electrons. The Bertz CT molecular complexity index is 1550. The Morgan fingerprint density at radius 2 is 2.03 bits per heavy atom. The number of carbonyl (C=O) groups excluding carboxylic acids is 1. The zero-order chi connectivity index (χ0) is 26.9. The molecule has 38 heavy (non-hydrogen) atoms. The number of fused-ring (bicyclic) bond motifs is 1. The molecule has 0 fully saturated rings. The van der Waals surface area contributed by atoms with Gasteiger partial charge in [0.15, 0.2) is 12.4 Å². The molecule has 1 aliphatic carbocycles. The second kappa shape index (κ2) is 10.3. The first-order valence-corrected chi connectivity index (χ1v) is 12.9. The predicted octanol–water partition coefficient (Wildman–Crippen LogP) is 5.47. The molecule has 3 atom stereocenters. The van der Waals surface area contributed by atoms with Crippen molar-refractivity contribution in [2.75, 3.05) is 0 Å². The maximum atomic E-state index is 13.3. The highest BCUT2D eigenvalue weighted by Crippen LogP contribution is 2.34. The van der Waals surface area contributed by atoms with E-state index in [4.69, 9.17) is 4.42 Å². The maximum absolute atomic E-state index is 13.3. The third-order valence-electron chi connectivity index (χ3n) is 7.28. The molecule has 2 N–H and O–H groups in total. The topological polar surface area (TPSA) is 89.4 Å². The van der Waals surface area contributed by atoms with Crippen molar-refractivity contribution in [2.24, 2.45) is 5.92 Å². The van der Waals surface area contributed by atoms with Crippen LogP contribution in [0.1, 0.15) is 53.0 Å². The number of amides is 1. The van der Waals surface area contributed by atoms with E-state index in [0.717, 1.165) is 22.9 Å². The van der Waals surface area contributed by atoms with Crippen LogP contribution >= 0.6 is 0 Å². The van der Waals surface area contributed by atoms with Gasteiger partial charge < -0.3 is 20.0 Å². The van der Waals surface area contributed by atoms with Crippen molar-refractivity contribution in [1.29, 1.82) is 0 Å². The summed E-state index contributed by atoms with van der Waals surface area (Å²) in [7, 11) is 0. The lowest BCUT2D eigenvalue weighted by atomic mass is 9.85. The van der Waals surface area contributed by atoms with E-state index in [-0.39, 0.29) is 24.3 Å². The van der Waals surface area contributed by atoms with Gasteiger partial charge in [0.2, 0.25) is 5.91 Å². The molecular formula is C32H32N2O4. The number of allylic oxidation sites excluding steroid dienone is 3. The van der Waals surface area contributed by atoms with Gasteiger partial charge in [-0.2, -0.15) is 4.73 Å². The Hall–Kier alpha value is -4.16. The SMILES string of the molecule is Cc1ccc([C@@H](NC(=O)Cc2ccc3oc(C(C)(O)c4ccc[n+]([O-])c4)cc3c2)C2C=CC=CC2)c(C)c1. The molecule has 2 aromatic carbocycles. The lowest BCUT2D eigenvalue weighted by molar-refractivity contribution is -0.606. The molecule has 0 spiro atoms. The van der Waals surface area contributed by atoms with Gasteiger partial charge in [-0.25, -0.2) is 0 Å². The number of furan rings is 1. The van der Waals surface area contributed by atoms with Crippen molar-refractivity contribution >= 4 is 16.9 Å². The first-order chi connectivity index (χ1) is 18.2. The van der Waals surface area contributed by atoms with Crippen molar-refractivity contribution in [2.45, 2.75) is 45.3 Å². The Morgan fingerprint density at radius 3 is 2.76 bits per heavy atom. The monoisotopic (exact) mass is 508 g/mol. The normalized spacial score (nSPS) is 17.3. The lowest BCUT2D eigenvalue weighted by Gasteiger charge is -2.28. The van der Waals surface area contributed by atoms with E-state index in [2.05, 4.69) is 49.5 Å². The van der Waals surface area contributed by atoms with E-state index in [9.17, 15) is 15.1 Å². The van der Waals surface area contributed by atoms with Crippen molar-refractivity contribution in [1.82, 2.24) is 5.32 Å². The van der Waals surface area contributed by atoms with Gasteiger partial charge in [-0.15, -0.1) is 0 Å². The number of benzene rings is 2. The number of aryl methyl sites for hydroxylation is 2. The largest absolute Gasteiger partial charge is 0.619 e. The summed E-state index contributed by atoms with van der Waals surface area (Å²) in [6, 6.07) is 16.9. The summed E-state index contributed by atoms with van der Waals surface area (Å²) in [6.07, 6.45) is 12.2. The molecule has 0 saturated heterocycles. The van der Waals surface area contributed by atoms with Crippen LogP contribution in [-0.2, 0) is 16.8 Å². The minimum atomic E-state index is -1.48. The van der Waals surface area contributed by atoms with E-state index >= 15 is 0 Å². The number of aromatic nitrogens is 1. The number of rotatable bonds is 7. The van der Waals surface area contributed by atoms with Gasteiger partial charge in [0, 0.05) is 17.4 Å². The number of nitrogens with one attached hydrogen (secondary N) is 1. The summed E-state index contributed by atoms with van der Waals surface area (Å²) in [4.78, 5) is 13.3. The van der Waals surface area contributed by atoms with E-state index in [0.29, 0.717) is 21.6 Å². The van der Waals surface area contributed by atoms with Crippen LogP contribution in [0, 0.1) is 25.0 Å². The van der Waals surface area contributed by atoms with Crippen LogP contribution in [0.4, 0.5) is 0 Å². The second-order valence-electron chi connectivity index (χ2n) is 10.3. The van der Waals surface area contributed by atoms with Gasteiger partial charge in [0.1, 0.15) is 16.9 Å². The van der Waals surface area contributed by atoms with Gasteiger partial charge in [0.05, 0.1) is 18.0 Å². The van der Waals surface area contributed by atoms with Gasteiger partial charge >= 0.3 is 0 Å². The summed E-state index contributed by atoms with van der Waals surface area (Å²) in [5.41, 5.74) is 3.88. The fraction of sp³-hybridized carbons (Fsp3) is 0.250. The molecule has 1 aliphatic rings. The third-order valence-corrected chi connectivity index (χ3v) is 7.28. The average molecular weight is 509 g/mol. The first kappa shape index (κ1) is 25.5. The van der Waals surface area contributed by atoms with Gasteiger partial charge in [-0.3, -0.25) is 4.79 Å². The van der Waals surface area contributed by atoms with E-state index in [1.807, 2.05) is 30.4 Å². The van der Waals surface area contributed by atoms with Crippen molar-refractivity contribution in [3.8, 4) is 0 Å². The highest BCUT2D eigenvalue weighted by molar-refractivity contribution is 5.83. The van der Waals surface area contributed by atoms with Crippen LogP contribution in [0.5, 0.6) is 0 Å². The minimum absolute atomic E-state index is 0.0581. The Labute approximate surface area is 222 Å². The summed E-state index contributed by atoms with van der Waals surface area (Å²) in [5.74, 6) is 0.446. The number of carbonyl (C=O) groups is 1. The Balaban J connectivity index is 1.37. The van der Waals surface area contributed by atoms with Gasteiger partial charge in [0.25, 0.3) is 0 Å².